The molecule has 0 saturated heterocycles. The molecule has 0 aromatic heterocycles. The summed E-state index contributed by atoms with van der Waals surface area (Å²) in [6.45, 7) is 7.06. The normalized spacial score (nSPS) is 15.7. The van der Waals surface area contributed by atoms with Gasteiger partial charge >= 0.3 is 0 Å². The largest absolute Gasteiger partial charge is 0.378 e. The Bertz CT molecular complexity index is 334. The van der Waals surface area contributed by atoms with Crippen LogP contribution in [0.2, 0.25) is 0 Å². The van der Waals surface area contributed by atoms with Crippen molar-refractivity contribution in [1.82, 2.24) is 16.0 Å². The van der Waals surface area contributed by atoms with Crippen LogP contribution in [0.25, 0.3) is 0 Å². The SMILES string of the molecule is CCNC(=O)CN=C(NCC)NCCCOC1CCCCC1.I. The number of rotatable bonds is 9. The third kappa shape index (κ3) is 11.6. The quantitative estimate of drug-likeness (QED) is 0.222. The number of nitrogens with zero attached hydrogens (tertiary/aromatic N) is 1. The second-order valence-electron chi connectivity index (χ2n) is 5.56. The molecule has 0 aliphatic heterocycles. The summed E-state index contributed by atoms with van der Waals surface area (Å²) in [7, 11) is 0. The summed E-state index contributed by atoms with van der Waals surface area (Å²) in [5.41, 5.74) is 0. The molecule has 0 radical (unpaired) electrons. The molecule has 6 nitrogen and oxygen atoms in total. The molecule has 1 amide bonds. The van der Waals surface area contributed by atoms with Crippen LogP contribution < -0.4 is 16.0 Å². The Morgan fingerprint density at radius 1 is 1.09 bits per heavy atom. The van der Waals surface area contributed by atoms with Crippen LogP contribution in [0.15, 0.2) is 4.99 Å². The number of aliphatic imine (C=N–C) groups is 1. The van der Waals surface area contributed by atoms with Gasteiger partial charge in [-0.3, -0.25) is 4.79 Å². The van der Waals surface area contributed by atoms with Gasteiger partial charge < -0.3 is 20.7 Å². The summed E-state index contributed by atoms with van der Waals surface area (Å²) in [5, 5.41) is 9.11. The lowest BCUT2D eigenvalue weighted by molar-refractivity contribution is -0.119. The molecule has 3 N–H and O–H groups in total. The molecular weight excluding hydrogens is 407 g/mol. The smallest absolute Gasteiger partial charge is 0.241 e. The summed E-state index contributed by atoms with van der Waals surface area (Å²) in [4.78, 5) is 15.7. The van der Waals surface area contributed by atoms with Gasteiger partial charge in [0.15, 0.2) is 5.96 Å². The first-order valence-electron chi connectivity index (χ1n) is 8.66. The van der Waals surface area contributed by atoms with E-state index in [1.54, 1.807) is 0 Å². The average Bonchev–Trinajstić information content (AvgIpc) is 2.53. The molecule has 0 bridgehead atoms. The number of amides is 1. The Morgan fingerprint density at radius 2 is 1.78 bits per heavy atom. The molecule has 0 atom stereocenters. The van der Waals surface area contributed by atoms with Crippen molar-refractivity contribution < 1.29 is 9.53 Å². The van der Waals surface area contributed by atoms with E-state index in [1.807, 2.05) is 13.8 Å². The third-order valence-electron chi connectivity index (χ3n) is 3.62. The molecule has 7 heteroatoms. The van der Waals surface area contributed by atoms with Gasteiger partial charge in [0.05, 0.1) is 6.10 Å². The van der Waals surface area contributed by atoms with E-state index in [9.17, 15) is 4.79 Å². The van der Waals surface area contributed by atoms with Crippen molar-refractivity contribution in [2.45, 2.75) is 58.5 Å². The molecular formula is C16H33IN4O2. The maximum Gasteiger partial charge on any atom is 0.241 e. The summed E-state index contributed by atoms with van der Waals surface area (Å²) < 4.78 is 5.89. The average molecular weight is 440 g/mol. The molecule has 1 rings (SSSR count). The maximum absolute atomic E-state index is 11.4. The van der Waals surface area contributed by atoms with Gasteiger partial charge in [-0.05, 0) is 33.1 Å². The molecule has 0 unspecified atom stereocenters. The van der Waals surface area contributed by atoms with E-state index in [1.165, 1.54) is 32.1 Å². The van der Waals surface area contributed by atoms with Gasteiger partial charge in [-0.15, -0.1) is 24.0 Å². The Balaban J connectivity index is 0.00000484. The van der Waals surface area contributed by atoms with Gasteiger partial charge in [0.1, 0.15) is 6.54 Å². The lowest BCUT2D eigenvalue weighted by Gasteiger charge is -2.22. The van der Waals surface area contributed by atoms with Crippen molar-refractivity contribution in [2.24, 2.45) is 4.99 Å². The van der Waals surface area contributed by atoms with E-state index in [-0.39, 0.29) is 36.4 Å². The van der Waals surface area contributed by atoms with Crippen LogP contribution >= 0.6 is 24.0 Å². The van der Waals surface area contributed by atoms with Gasteiger partial charge in [0.2, 0.25) is 5.91 Å². The number of guanidine groups is 1. The number of likely N-dealkylation sites (N-methyl/N-ethyl adjacent to an activating group) is 1. The van der Waals surface area contributed by atoms with Gasteiger partial charge in [-0.2, -0.15) is 0 Å². The van der Waals surface area contributed by atoms with Crippen LogP contribution in [0.1, 0.15) is 52.4 Å². The highest BCUT2D eigenvalue weighted by atomic mass is 127. The first-order chi connectivity index (χ1) is 10.8. The maximum atomic E-state index is 11.4. The van der Waals surface area contributed by atoms with E-state index >= 15 is 0 Å². The Labute approximate surface area is 157 Å². The van der Waals surface area contributed by atoms with Crippen molar-refractivity contribution in [3.8, 4) is 0 Å². The van der Waals surface area contributed by atoms with Crippen LogP contribution in [0, 0.1) is 0 Å². The predicted octanol–water partition coefficient (Wildman–Crippen LogP) is 2.03. The number of carbonyl (C=O) groups excluding carboxylic acids is 1. The minimum absolute atomic E-state index is 0. The highest BCUT2D eigenvalue weighted by Crippen LogP contribution is 2.20. The van der Waals surface area contributed by atoms with Crippen molar-refractivity contribution in [3.05, 3.63) is 0 Å². The number of hydrogen-bond donors (Lipinski definition) is 3. The fourth-order valence-corrected chi connectivity index (χ4v) is 2.51. The molecule has 0 aromatic carbocycles. The van der Waals surface area contributed by atoms with Gasteiger partial charge in [0, 0.05) is 26.2 Å². The molecule has 1 aliphatic carbocycles. The van der Waals surface area contributed by atoms with E-state index in [0.29, 0.717) is 18.6 Å². The molecule has 1 aliphatic rings. The standard InChI is InChI=1S/C16H32N4O2.HI/c1-3-17-15(21)13-20-16(18-4-2)19-11-8-12-22-14-9-6-5-7-10-14;/h14H,3-13H2,1-2H3,(H,17,21)(H2,18,19,20);1H. The monoisotopic (exact) mass is 440 g/mol. The first-order valence-corrected chi connectivity index (χ1v) is 8.66. The predicted molar refractivity (Wildman–Crippen MR) is 106 cm³/mol. The molecule has 0 aromatic rings. The Kier molecular flexibility index (Phi) is 14.6. The van der Waals surface area contributed by atoms with Crippen molar-refractivity contribution in [3.63, 3.8) is 0 Å². The lowest BCUT2D eigenvalue weighted by atomic mass is 9.98. The Morgan fingerprint density at radius 3 is 2.43 bits per heavy atom. The summed E-state index contributed by atoms with van der Waals surface area (Å²) in [5.74, 6) is 0.631. The zero-order valence-corrected chi connectivity index (χ0v) is 16.9. The van der Waals surface area contributed by atoms with E-state index in [4.69, 9.17) is 4.74 Å². The van der Waals surface area contributed by atoms with Gasteiger partial charge in [-0.25, -0.2) is 4.99 Å². The topological polar surface area (TPSA) is 74.8 Å². The summed E-state index contributed by atoms with van der Waals surface area (Å²) in [6, 6.07) is 0. The minimum atomic E-state index is -0.0552. The van der Waals surface area contributed by atoms with Crippen LogP contribution in [0.5, 0.6) is 0 Å². The molecule has 0 spiro atoms. The van der Waals surface area contributed by atoms with Crippen molar-refractivity contribution in [2.75, 3.05) is 32.8 Å². The Hall–Kier alpha value is -0.570. The minimum Gasteiger partial charge on any atom is -0.378 e. The van der Waals surface area contributed by atoms with Crippen LogP contribution in [0.4, 0.5) is 0 Å². The molecule has 23 heavy (non-hydrogen) atoms. The number of nitrogens with one attached hydrogen (secondary N) is 3. The molecule has 1 fully saturated rings. The highest BCUT2D eigenvalue weighted by molar-refractivity contribution is 14.0. The second kappa shape index (κ2) is 15.0. The molecule has 0 heterocycles. The van der Waals surface area contributed by atoms with E-state index in [0.717, 1.165) is 26.1 Å². The van der Waals surface area contributed by atoms with Gasteiger partial charge in [0.25, 0.3) is 0 Å². The van der Waals surface area contributed by atoms with Crippen LogP contribution in [-0.2, 0) is 9.53 Å². The number of carbonyl (C=O) groups is 1. The highest BCUT2D eigenvalue weighted by Gasteiger charge is 2.12. The van der Waals surface area contributed by atoms with Gasteiger partial charge in [-0.1, -0.05) is 19.3 Å². The van der Waals surface area contributed by atoms with Crippen molar-refractivity contribution >= 4 is 35.8 Å². The molecule has 1 saturated carbocycles. The van der Waals surface area contributed by atoms with E-state index < -0.39 is 0 Å². The van der Waals surface area contributed by atoms with Crippen LogP contribution in [0.3, 0.4) is 0 Å². The zero-order valence-electron chi connectivity index (χ0n) is 14.5. The fourth-order valence-electron chi connectivity index (χ4n) is 2.51. The summed E-state index contributed by atoms with van der Waals surface area (Å²) >= 11 is 0. The first kappa shape index (κ1) is 22.4. The lowest BCUT2D eigenvalue weighted by Crippen LogP contribution is -2.39. The van der Waals surface area contributed by atoms with Crippen LogP contribution in [-0.4, -0.2) is 50.8 Å². The van der Waals surface area contributed by atoms with Crippen molar-refractivity contribution in [1.29, 1.82) is 0 Å². The number of hydrogen-bond acceptors (Lipinski definition) is 3. The number of halogens is 1. The molecule has 136 valence electrons. The summed E-state index contributed by atoms with van der Waals surface area (Å²) in [6.07, 6.45) is 7.81. The third-order valence-corrected chi connectivity index (χ3v) is 3.62. The number of ether oxygens (including phenoxy) is 1. The second-order valence-corrected chi connectivity index (χ2v) is 5.56. The van der Waals surface area contributed by atoms with E-state index in [2.05, 4.69) is 20.9 Å². The zero-order chi connectivity index (χ0) is 16.0. The fraction of sp³-hybridized carbons (Fsp3) is 0.875.